The lowest BCUT2D eigenvalue weighted by molar-refractivity contribution is -0.0795. The Morgan fingerprint density at radius 2 is 0.621 bits per heavy atom. The van der Waals surface area contributed by atoms with E-state index in [-0.39, 0.29) is 38.2 Å². The second-order valence-electron chi connectivity index (χ2n) is 18.7. The van der Waals surface area contributed by atoms with Crippen LogP contribution < -0.4 is 18.9 Å². The van der Waals surface area contributed by atoms with Gasteiger partial charge in [0.2, 0.25) is 0 Å². The minimum Gasteiger partial charge on any atom is -0.493 e. The highest BCUT2D eigenvalue weighted by atomic mass is 16.5. The molecule has 2 fully saturated rings. The number of fused-ring (bicyclic) bond motifs is 2. The first kappa shape index (κ1) is 47.1. The maximum Gasteiger partial charge on any atom is 0.325 e. The molecule has 4 aromatic rings. The summed E-state index contributed by atoms with van der Waals surface area (Å²) in [6.45, 7) is 12.0. The number of urea groups is 2. The van der Waals surface area contributed by atoms with Crippen LogP contribution in [0.3, 0.4) is 0 Å². The lowest BCUT2D eigenvalue weighted by Gasteiger charge is -2.49. The number of amides is 4. The SMILES string of the molecule is CCCCCCOc1ccc(OCCCCCC)c2c1CN1C(=O)N3Cc4c(OCCCCCC)ccc(OCCCCCC)c4CN4C(=O)N(C2)C1(c1ccccc1)C34c1ccccc1. The third-order valence-electron chi connectivity index (χ3n) is 14.3. The van der Waals surface area contributed by atoms with Gasteiger partial charge in [0.1, 0.15) is 23.0 Å². The molecule has 8 rings (SSSR count). The fraction of sp³-hybridized carbons (Fsp3) is 0.536. The minimum absolute atomic E-state index is 0.162. The van der Waals surface area contributed by atoms with Crippen LogP contribution in [-0.2, 0) is 37.5 Å². The molecule has 4 aliphatic heterocycles. The van der Waals surface area contributed by atoms with E-state index in [0.29, 0.717) is 26.4 Å². The molecule has 66 heavy (non-hydrogen) atoms. The van der Waals surface area contributed by atoms with Crippen molar-refractivity contribution in [2.24, 2.45) is 0 Å². The van der Waals surface area contributed by atoms with Crippen LogP contribution in [0.2, 0.25) is 0 Å². The van der Waals surface area contributed by atoms with Crippen molar-refractivity contribution in [3.8, 4) is 23.0 Å². The van der Waals surface area contributed by atoms with E-state index in [1.807, 2.05) is 80.3 Å². The van der Waals surface area contributed by atoms with E-state index in [1.54, 1.807) is 0 Å². The number of unbranched alkanes of at least 4 members (excludes halogenated alkanes) is 12. The molecule has 0 radical (unpaired) electrons. The van der Waals surface area contributed by atoms with Crippen LogP contribution in [0.15, 0.2) is 84.9 Å². The van der Waals surface area contributed by atoms with Gasteiger partial charge in [0.05, 0.1) is 52.6 Å². The van der Waals surface area contributed by atoms with Gasteiger partial charge in [0.15, 0.2) is 11.3 Å². The summed E-state index contributed by atoms with van der Waals surface area (Å²) in [6.07, 6.45) is 17.3. The zero-order valence-electron chi connectivity index (χ0n) is 40.3. The third-order valence-corrected chi connectivity index (χ3v) is 14.3. The molecule has 4 heterocycles. The van der Waals surface area contributed by atoms with Crippen molar-refractivity contribution in [2.45, 2.75) is 168 Å². The predicted molar refractivity (Wildman–Crippen MR) is 261 cm³/mol. The second-order valence-corrected chi connectivity index (χ2v) is 18.7. The number of hydrogen-bond acceptors (Lipinski definition) is 6. The first-order chi connectivity index (χ1) is 32.5. The van der Waals surface area contributed by atoms with Crippen LogP contribution in [-0.4, -0.2) is 58.1 Å². The number of carbonyl (C=O) groups is 2. The minimum atomic E-state index is -1.32. The van der Waals surface area contributed by atoms with Gasteiger partial charge in [-0.15, -0.1) is 0 Å². The molecule has 0 bridgehead atoms. The van der Waals surface area contributed by atoms with E-state index >= 15 is 9.59 Å². The van der Waals surface area contributed by atoms with Gasteiger partial charge < -0.3 is 18.9 Å². The van der Waals surface area contributed by atoms with Crippen molar-refractivity contribution < 1.29 is 28.5 Å². The molecule has 10 nitrogen and oxygen atoms in total. The summed E-state index contributed by atoms with van der Waals surface area (Å²) in [5.74, 6) is 2.95. The molecule has 0 atom stereocenters. The number of carbonyl (C=O) groups excluding carboxylic acids is 2. The average molecular weight is 899 g/mol. The molecule has 4 amide bonds. The van der Waals surface area contributed by atoms with Crippen LogP contribution in [0.1, 0.15) is 164 Å². The fourth-order valence-corrected chi connectivity index (χ4v) is 11.0. The Hall–Kier alpha value is -5.38. The lowest BCUT2D eigenvalue weighted by atomic mass is 9.79. The van der Waals surface area contributed by atoms with Crippen molar-refractivity contribution >= 4 is 12.1 Å². The zero-order valence-corrected chi connectivity index (χ0v) is 40.3. The molecule has 10 heteroatoms. The molecule has 0 unspecified atom stereocenters. The number of nitrogens with zero attached hydrogens (tertiary/aromatic N) is 4. The third kappa shape index (κ3) is 8.69. The molecule has 0 spiro atoms. The van der Waals surface area contributed by atoms with Crippen molar-refractivity contribution in [3.63, 3.8) is 0 Å². The van der Waals surface area contributed by atoms with E-state index < -0.39 is 11.3 Å². The van der Waals surface area contributed by atoms with Gasteiger partial charge in [-0.05, 0) is 49.9 Å². The van der Waals surface area contributed by atoms with Crippen LogP contribution in [0, 0.1) is 0 Å². The van der Waals surface area contributed by atoms with Crippen molar-refractivity contribution in [1.82, 2.24) is 19.6 Å². The van der Waals surface area contributed by atoms with Gasteiger partial charge in [-0.2, -0.15) is 0 Å². The quantitative estimate of drug-likeness (QED) is 0.0584. The Bertz CT molecular complexity index is 1970. The van der Waals surface area contributed by atoms with Gasteiger partial charge in [0, 0.05) is 33.4 Å². The molecular weight excluding hydrogens is 825 g/mol. The van der Waals surface area contributed by atoms with Crippen LogP contribution >= 0.6 is 0 Å². The summed E-state index contributed by atoms with van der Waals surface area (Å²) >= 11 is 0. The van der Waals surface area contributed by atoms with Crippen molar-refractivity contribution in [1.29, 1.82) is 0 Å². The van der Waals surface area contributed by atoms with E-state index in [2.05, 4.69) is 52.0 Å². The Morgan fingerprint density at radius 3 is 0.864 bits per heavy atom. The molecule has 0 saturated carbocycles. The summed E-state index contributed by atoms with van der Waals surface area (Å²) in [4.78, 5) is 40.5. The van der Waals surface area contributed by atoms with Gasteiger partial charge in [-0.3, -0.25) is 19.6 Å². The predicted octanol–water partition coefficient (Wildman–Crippen LogP) is 13.4. The highest BCUT2D eigenvalue weighted by Gasteiger charge is 2.81. The van der Waals surface area contributed by atoms with E-state index in [4.69, 9.17) is 18.9 Å². The number of benzene rings is 4. The molecule has 0 N–H and O–H groups in total. The van der Waals surface area contributed by atoms with Crippen LogP contribution in [0.5, 0.6) is 23.0 Å². The van der Waals surface area contributed by atoms with Crippen LogP contribution in [0.4, 0.5) is 9.59 Å². The summed E-state index contributed by atoms with van der Waals surface area (Å²) < 4.78 is 26.8. The highest BCUT2D eigenvalue weighted by Crippen LogP contribution is 2.66. The Labute approximate surface area is 394 Å². The van der Waals surface area contributed by atoms with Gasteiger partial charge >= 0.3 is 12.1 Å². The number of ether oxygens (including phenoxy) is 4. The van der Waals surface area contributed by atoms with Crippen molar-refractivity contribution in [3.05, 3.63) is 118 Å². The first-order valence-corrected chi connectivity index (χ1v) is 25.6. The van der Waals surface area contributed by atoms with Gasteiger partial charge in [-0.1, -0.05) is 165 Å². The average Bonchev–Trinajstić information content (AvgIpc) is 3.49. The Balaban J connectivity index is 1.32. The summed E-state index contributed by atoms with van der Waals surface area (Å²) in [6, 6.07) is 28.3. The number of rotatable bonds is 26. The molecule has 2 saturated heterocycles. The van der Waals surface area contributed by atoms with E-state index in [9.17, 15) is 0 Å². The van der Waals surface area contributed by atoms with E-state index in [1.165, 1.54) is 0 Å². The maximum atomic E-state index is 16.3. The fourth-order valence-electron chi connectivity index (χ4n) is 11.0. The molecular formula is C56H74N4O6. The Morgan fingerprint density at radius 1 is 0.364 bits per heavy atom. The van der Waals surface area contributed by atoms with Gasteiger partial charge in [0.25, 0.3) is 0 Å². The maximum absolute atomic E-state index is 16.3. The highest BCUT2D eigenvalue weighted by molar-refractivity contribution is 5.91. The monoisotopic (exact) mass is 899 g/mol. The number of hydrogen-bond donors (Lipinski definition) is 0. The standard InChI is InChI=1S/C56H74N4O6/c1-5-9-13-23-35-63-49-31-32-50(64-36-24-14-10-6-2)46-40-58-54(62)60-42-48-47(51(65-37-25-15-11-7-3)33-34-52(48)66-38-26-16-12-8-4)41-59-53(61)57(39-45(46)49)55(58,43-27-19-17-20-28-43)56(59,60)44-29-21-18-22-30-44/h17-22,27-34H,5-16,23-26,35-42H2,1-4H3. The molecule has 354 valence electrons. The van der Waals surface area contributed by atoms with E-state index in [0.717, 1.165) is 159 Å². The first-order valence-electron chi connectivity index (χ1n) is 25.6. The molecule has 4 aromatic carbocycles. The van der Waals surface area contributed by atoms with Gasteiger partial charge in [-0.25, -0.2) is 9.59 Å². The molecule has 0 aromatic heterocycles. The molecule has 4 aliphatic rings. The largest absolute Gasteiger partial charge is 0.493 e. The second kappa shape index (κ2) is 21.9. The summed E-state index contributed by atoms with van der Waals surface area (Å²) in [5, 5.41) is 0. The Kier molecular flexibility index (Phi) is 15.7. The smallest absolute Gasteiger partial charge is 0.325 e. The topological polar surface area (TPSA) is 84.0 Å². The molecule has 0 aliphatic carbocycles. The van der Waals surface area contributed by atoms with Crippen LogP contribution in [0.25, 0.3) is 0 Å². The van der Waals surface area contributed by atoms with Crippen molar-refractivity contribution in [2.75, 3.05) is 26.4 Å². The zero-order chi connectivity index (χ0) is 45.9. The summed E-state index contributed by atoms with van der Waals surface area (Å²) in [7, 11) is 0. The lowest BCUT2D eigenvalue weighted by Crippen LogP contribution is -2.62. The summed E-state index contributed by atoms with van der Waals surface area (Å²) in [5.41, 5.74) is 2.67. The normalized spacial score (nSPS) is 19.3.